The minimum atomic E-state index is 0.928. The third-order valence-electron chi connectivity index (χ3n) is 3.67. The molecule has 0 aliphatic heterocycles. The largest absolute Gasteiger partial charge is 0.254 e. The standard InChI is InChI=1S/C20H33N3S/c1-2-3-4-5-6-7-8-9-10-11-12-13-14-15-16-17-18-24-20-21-19-22-23-20/h6-7,9-10,12-13,19H,2-5,8,11,14-18H2,1H3,(H,21,22,23)/b7-6-,10-9-,13-12-. The van der Waals surface area contributed by atoms with E-state index in [1.807, 2.05) is 0 Å². The van der Waals surface area contributed by atoms with Gasteiger partial charge in [0.2, 0.25) is 0 Å². The lowest BCUT2D eigenvalue weighted by Gasteiger charge is -1.97. The van der Waals surface area contributed by atoms with Gasteiger partial charge in [-0.1, -0.05) is 74.4 Å². The molecule has 0 saturated heterocycles. The van der Waals surface area contributed by atoms with Gasteiger partial charge in [-0.15, -0.1) is 0 Å². The van der Waals surface area contributed by atoms with E-state index >= 15 is 0 Å². The summed E-state index contributed by atoms with van der Waals surface area (Å²) in [6, 6.07) is 0. The lowest BCUT2D eigenvalue weighted by Crippen LogP contribution is -1.83. The monoisotopic (exact) mass is 347 g/mol. The predicted molar refractivity (Wildman–Crippen MR) is 106 cm³/mol. The minimum absolute atomic E-state index is 0.928. The second kappa shape index (κ2) is 16.6. The highest BCUT2D eigenvalue weighted by Crippen LogP contribution is 2.14. The van der Waals surface area contributed by atoms with Gasteiger partial charge in [-0.2, -0.15) is 5.10 Å². The molecule has 0 unspecified atom stereocenters. The molecule has 0 aliphatic rings. The van der Waals surface area contributed by atoms with Crippen LogP contribution in [0.3, 0.4) is 0 Å². The first kappa shape index (κ1) is 20.8. The lowest BCUT2D eigenvalue weighted by atomic mass is 10.2. The Morgan fingerprint density at radius 3 is 2.17 bits per heavy atom. The van der Waals surface area contributed by atoms with Gasteiger partial charge >= 0.3 is 0 Å². The molecule has 0 aliphatic carbocycles. The van der Waals surface area contributed by atoms with Crippen molar-refractivity contribution in [2.24, 2.45) is 0 Å². The number of unbranched alkanes of at least 4 members (excludes halogenated alkanes) is 6. The SMILES string of the molecule is CCCCC/C=C\C/C=C\C/C=C\CCCCCSc1ncn[nH]1. The van der Waals surface area contributed by atoms with Crippen molar-refractivity contribution in [3.8, 4) is 0 Å². The fourth-order valence-electron chi connectivity index (χ4n) is 2.26. The van der Waals surface area contributed by atoms with E-state index in [9.17, 15) is 0 Å². The third-order valence-corrected chi connectivity index (χ3v) is 4.63. The molecule has 24 heavy (non-hydrogen) atoms. The summed E-state index contributed by atoms with van der Waals surface area (Å²) in [5.74, 6) is 1.12. The molecule has 1 N–H and O–H groups in total. The van der Waals surface area contributed by atoms with E-state index in [1.165, 1.54) is 51.4 Å². The molecule has 0 atom stereocenters. The Morgan fingerprint density at radius 2 is 1.54 bits per heavy atom. The number of allylic oxidation sites excluding steroid dienone is 6. The average Bonchev–Trinajstić information content (AvgIpc) is 3.11. The second-order valence-electron chi connectivity index (χ2n) is 5.87. The topological polar surface area (TPSA) is 41.6 Å². The Morgan fingerprint density at radius 1 is 0.875 bits per heavy atom. The van der Waals surface area contributed by atoms with Gasteiger partial charge in [-0.25, -0.2) is 4.98 Å². The first-order valence-corrected chi connectivity index (χ1v) is 10.3. The lowest BCUT2D eigenvalue weighted by molar-refractivity contribution is 0.728. The van der Waals surface area contributed by atoms with Crippen molar-refractivity contribution in [3.05, 3.63) is 42.8 Å². The van der Waals surface area contributed by atoms with Crippen LogP contribution in [-0.4, -0.2) is 20.9 Å². The highest BCUT2D eigenvalue weighted by molar-refractivity contribution is 7.99. The predicted octanol–water partition coefficient (Wildman–Crippen LogP) is 6.49. The van der Waals surface area contributed by atoms with Gasteiger partial charge < -0.3 is 0 Å². The van der Waals surface area contributed by atoms with E-state index in [-0.39, 0.29) is 0 Å². The first-order valence-electron chi connectivity index (χ1n) is 9.36. The smallest absolute Gasteiger partial charge is 0.183 e. The number of rotatable bonds is 15. The quantitative estimate of drug-likeness (QED) is 0.224. The molecular formula is C20H33N3S. The fourth-order valence-corrected chi connectivity index (χ4v) is 3.04. The van der Waals surface area contributed by atoms with Crippen LogP contribution in [0.4, 0.5) is 0 Å². The number of hydrogen-bond donors (Lipinski definition) is 1. The number of hydrogen-bond acceptors (Lipinski definition) is 3. The van der Waals surface area contributed by atoms with Crippen LogP contribution in [0.1, 0.15) is 71.1 Å². The molecule has 1 rings (SSSR count). The number of nitrogens with zero attached hydrogens (tertiary/aromatic N) is 2. The van der Waals surface area contributed by atoms with Crippen molar-refractivity contribution < 1.29 is 0 Å². The molecule has 1 aromatic rings. The molecule has 0 amide bonds. The van der Waals surface area contributed by atoms with Gasteiger partial charge in [-0.05, 0) is 44.9 Å². The first-order chi connectivity index (χ1) is 11.9. The van der Waals surface area contributed by atoms with E-state index in [1.54, 1.807) is 18.1 Å². The van der Waals surface area contributed by atoms with Crippen molar-refractivity contribution >= 4 is 11.8 Å². The number of nitrogens with one attached hydrogen (secondary N) is 1. The van der Waals surface area contributed by atoms with Crippen molar-refractivity contribution in [1.82, 2.24) is 15.2 Å². The zero-order valence-electron chi connectivity index (χ0n) is 15.1. The van der Waals surface area contributed by atoms with E-state index in [2.05, 4.69) is 58.6 Å². The molecule has 0 aromatic carbocycles. The van der Waals surface area contributed by atoms with Crippen molar-refractivity contribution in [3.63, 3.8) is 0 Å². The highest BCUT2D eigenvalue weighted by Gasteiger charge is 1.95. The zero-order valence-corrected chi connectivity index (χ0v) is 15.9. The van der Waals surface area contributed by atoms with Gasteiger partial charge in [-0.3, -0.25) is 5.10 Å². The average molecular weight is 348 g/mol. The molecule has 3 nitrogen and oxygen atoms in total. The van der Waals surface area contributed by atoms with E-state index < -0.39 is 0 Å². The maximum atomic E-state index is 4.10. The fraction of sp³-hybridized carbons (Fsp3) is 0.600. The van der Waals surface area contributed by atoms with Crippen LogP contribution in [0.25, 0.3) is 0 Å². The van der Waals surface area contributed by atoms with Gasteiger partial charge in [0.15, 0.2) is 5.16 Å². The molecular weight excluding hydrogens is 314 g/mol. The summed E-state index contributed by atoms with van der Waals surface area (Å²) in [7, 11) is 0. The summed E-state index contributed by atoms with van der Waals surface area (Å²) < 4.78 is 0. The normalized spacial score (nSPS) is 12.2. The van der Waals surface area contributed by atoms with E-state index in [0.717, 1.165) is 23.8 Å². The van der Waals surface area contributed by atoms with Gasteiger partial charge in [0.1, 0.15) is 6.33 Å². The van der Waals surface area contributed by atoms with Crippen LogP contribution in [0.15, 0.2) is 47.9 Å². The Balaban J connectivity index is 1.83. The molecule has 0 bridgehead atoms. The van der Waals surface area contributed by atoms with Crippen LogP contribution in [-0.2, 0) is 0 Å². The summed E-state index contributed by atoms with van der Waals surface area (Å²) in [4.78, 5) is 4.10. The minimum Gasteiger partial charge on any atom is -0.254 e. The van der Waals surface area contributed by atoms with Crippen LogP contribution in [0.5, 0.6) is 0 Å². The van der Waals surface area contributed by atoms with Crippen LogP contribution >= 0.6 is 11.8 Å². The molecule has 1 heterocycles. The molecule has 0 fully saturated rings. The van der Waals surface area contributed by atoms with Crippen molar-refractivity contribution in [2.75, 3.05) is 5.75 Å². The molecule has 1 aromatic heterocycles. The Hall–Kier alpha value is -1.29. The van der Waals surface area contributed by atoms with Crippen molar-refractivity contribution in [1.29, 1.82) is 0 Å². The van der Waals surface area contributed by atoms with Crippen LogP contribution in [0, 0.1) is 0 Å². The second-order valence-corrected chi connectivity index (χ2v) is 6.95. The Labute approximate surface area is 152 Å². The summed E-state index contributed by atoms with van der Waals surface area (Å²) >= 11 is 1.75. The zero-order chi connectivity index (χ0) is 17.1. The number of aromatic amines is 1. The Bertz CT molecular complexity index is 449. The van der Waals surface area contributed by atoms with Gasteiger partial charge in [0.25, 0.3) is 0 Å². The number of H-pyrrole nitrogens is 1. The highest BCUT2D eigenvalue weighted by atomic mass is 32.2. The Kier molecular flexibility index (Phi) is 14.3. The van der Waals surface area contributed by atoms with Gasteiger partial charge in [0, 0.05) is 5.75 Å². The molecule has 0 radical (unpaired) electrons. The van der Waals surface area contributed by atoms with Gasteiger partial charge in [0.05, 0.1) is 0 Å². The number of thioether (sulfide) groups is 1. The van der Waals surface area contributed by atoms with E-state index in [0.29, 0.717) is 0 Å². The van der Waals surface area contributed by atoms with E-state index in [4.69, 9.17) is 0 Å². The molecule has 0 spiro atoms. The maximum Gasteiger partial charge on any atom is 0.183 e. The maximum absolute atomic E-state index is 4.10. The summed E-state index contributed by atoms with van der Waals surface area (Å²) in [5.41, 5.74) is 0. The summed E-state index contributed by atoms with van der Waals surface area (Å²) in [6.07, 6.45) is 27.6. The van der Waals surface area contributed by atoms with Crippen molar-refractivity contribution in [2.45, 2.75) is 76.3 Å². The number of aromatic nitrogens is 3. The summed E-state index contributed by atoms with van der Waals surface area (Å²) in [6.45, 7) is 2.25. The molecule has 4 heteroatoms. The van der Waals surface area contributed by atoms with Crippen LogP contribution in [0.2, 0.25) is 0 Å². The summed E-state index contributed by atoms with van der Waals surface area (Å²) in [5, 5.41) is 7.64. The molecule has 0 saturated carbocycles. The third kappa shape index (κ3) is 13.2. The van der Waals surface area contributed by atoms with Crippen LogP contribution < -0.4 is 0 Å². The molecule has 134 valence electrons.